The lowest BCUT2D eigenvalue weighted by molar-refractivity contribution is -0.253. The van der Waals surface area contributed by atoms with Gasteiger partial charge < -0.3 is 30.4 Å². The van der Waals surface area contributed by atoms with Crippen LogP contribution in [0.2, 0.25) is 0 Å². The second-order valence-corrected chi connectivity index (χ2v) is 12.3. The molecule has 9 nitrogen and oxygen atoms in total. The van der Waals surface area contributed by atoms with Crippen molar-refractivity contribution in [2.75, 3.05) is 24.7 Å². The molecular formula is C36H39F4IN2O7. The van der Waals surface area contributed by atoms with Crippen molar-refractivity contribution >= 4 is 57.9 Å². The zero-order valence-electron chi connectivity index (χ0n) is 27.2. The molecular weight excluding hydrogens is 775 g/mol. The summed E-state index contributed by atoms with van der Waals surface area (Å²) in [5.74, 6) is -2.03. The van der Waals surface area contributed by atoms with Gasteiger partial charge in [-0.2, -0.15) is 17.6 Å². The van der Waals surface area contributed by atoms with E-state index in [1.54, 1.807) is 30.3 Å². The Morgan fingerprint density at radius 3 is 1.86 bits per heavy atom. The minimum atomic E-state index is -4.66. The Kier molecular flexibility index (Phi) is 16.3. The molecule has 0 heterocycles. The van der Waals surface area contributed by atoms with E-state index in [2.05, 4.69) is 4.74 Å². The number of nitrogens with two attached hydrogens (primary N) is 2. The SMILES string of the molecule is Nc1cc(N)c(I)c(C(=O)OCCCCCCCCCCCOC(=O)C=Cc2ccc(OC(=O)c3ccc(OC(F)(F)C(F)F)cc3)cc2)c1. The van der Waals surface area contributed by atoms with Gasteiger partial charge in [0, 0.05) is 17.5 Å². The van der Waals surface area contributed by atoms with Crippen LogP contribution in [0.3, 0.4) is 0 Å². The minimum Gasteiger partial charge on any atom is -0.463 e. The van der Waals surface area contributed by atoms with E-state index in [0.29, 0.717) is 39.3 Å². The Hall–Kier alpha value is -4.34. The summed E-state index contributed by atoms with van der Waals surface area (Å²) in [7, 11) is 0. The Morgan fingerprint density at radius 1 is 0.740 bits per heavy atom. The van der Waals surface area contributed by atoms with Crippen LogP contribution in [-0.2, 0) is 14.3 Å². The van der Waals surface area contributed by atoms with Crippen molar-refractivity contribution < 1.29 is 50.9 Å². The van der Waals surface area contributed by atoms with Crippen LogP contribution in [0.15, 0.2) is 66.7 Å². The summed E-state index contributed by atoms with van der Waals surface area (Å²) in [5, 5.41) is 0. The third-order valence-electron chi connectivity index (χ3n) is 7.21. The second-order valence-electron chi connectivity index (χ2n) is 11.2. The number of nitrogen functional groups attached to an aromatic ring is 2. The molecule has 0 saturated heterocycles. The highest BCUT2D eigenvalue weighted by molar-refractivity contribution is 14.1. The molecule has 0 aliphatic heterocycles. The molecule has 3 aromatic carbocycles. The number of rotatable bonds is 20. The van der Waals surface area contributed by atoms with Crippen LogP contribution in [-0.4, -0.2) is 43.7 Å². The molecule has 0 amide bonds. The molecule has 0 radical (unpaired) electrons. The number of alkyl halides is 4. The normalized spacial score (nSPS) is 11.5. The molecule has 14 heteroatoms. The van der Waals surface area contributed by atoms with Gasteiger partial charge in [0.1, 0.15) is 11.5 Å². The number of unbranched alkanes of at least 4 members (excludes halogenated alkanes) is 8. The van der Waals surface area contributed by atoms with Crippen molar-refractivity contribution in [3.63, 3.8) is 0 Å². The van der Waals surface area contributed by atoms with Gasteiger partial charge in [0.25, 0.3) is 0 Å². The summed E-state index contributed by atoms with van der Waals surface area (Å²) >= 11 is 2.01. The summed E-state index contributed by atoms with van der Waals surface area (Å²) in [6.07, 6.45) is 3.09. The van der Waals surface area contributed by atoms with Crippen LogP contribution in [0.5, 0.6) is 11.5 Å². The number of carbonyl (C=O) groups is 3. The highest BCUT2D eigenvalue weighted by Gasteiger charge is 2.44. The smallest absolute Gasteiger partial charge is 0.461 e. The monoisotopic (exact) mass is 814 g/mol. The Balaban J connectivity index is 1.20. The van der Waals surface area contributed by atoms with Crippen LogP contribution in [0.4, 0.5) is 28.9 Å². The highest BCUT2D eigenvalue weighted by atomic mass is 127. The van der Waals surface area contributed by atoms with Gasteiger partial charge in [-0.25, -0.2) is 14.4 Å². The molecule has 0 saturated carbocycles. The van der Waals surface area contributed by atoms with E-state index in [1.807, 2.05) is 22.6 Å². The zero-order valence-corrected chi connectivity index (χ0v) is 29.3. The summed E-state index contributed by atoms with van der Waals surface area (Å²) in [5.41, 5.74) is 13.5. The Bertz CT molecular complexity index is 1590. The molecule has 3 aromatic rings. The first-order valence-corrected chi connectivity index (χ1v) is 17.1. The van der Waals surface area contributed by atoms with Gasteiger partial charge in [0.15, 0.2) is 0 Å². The number of benzene rings is 3. The topological polar surface area (TPSA) is 140 Å². The van der Waals surface area contributed by atoms with Crippen LogP contribution < -0.4 is 20.9 Å². The van der Waals surface area contributed by atoms with E-state index in [0.717, 1.165) is 82.1 Å². The first-order valence-electron chi connectivity index (χ1n) is 16.0. The molecule has 0 aromatic heterocycles. The fraction of sp³-hybridized carbons (Fsp3) is 0.361. The number of halogens is 5. The predicted molar refractivity (Wildman–Crippen MR) is 189 cm³/mol. The maximum Gasteiger partial charge on any atom is 0.461 e. The Labute approximate surface area is 301 Å². The quantitative estimate of drug-likeness (QED) is 0.0218. The molecule has 50 heavy (non-hydrogen) atoms. The Morgan fingerprint density at radius 2 is 1.28 bits per heavy atom. The van der Waals surface area contributed by atoms with Crippen molar-refractivity contribution in [2.45, 2.75) is 70.3 Å². The molecule has 4 N–H and O–H groups in total. The van der Waals surface area contributed by atoms with Crippen molar-refractivity contribution in [1.29, 1.82) is 0 Å². The lowest BCUT2D eigenvalue weighted by Gasteiger charge is -2.16. The first kappa shape index (κ1) is 40.1. The summed E-state index contributed by atoms with van der Waals surface area (Å²) in [6.45, 7) is 0.670. The van der Waals surface area contributed by atoms with E-state index in [1.165, 1.54) is 18.2 Å². The van der Waals surface area contributed by atoms with Gasteiger partial charge in [-0.1, -0.05) is 57.1 Å². The molecule has 0 fully saturated rings. The van der Waals surface area contributed by atoms with Gasteiger partial charge in [0.05, 0.1) is 27.9 Å². The van der Waals surface area contributed by atoms with Crippen LogP contribution >= 0.6 is 22.6 Å². The van der Waals surface area contributed by atoms with Crippen LogP contribution in [0.1, 0.15) is 84.1 Å². The number of hydrogen-bond donors (Lipinski definition) is 2. The molecule has 270 valence electrons. The van der Waals surface area contributed by atoms with E-state index in [9.17, 15) is 31.9 Å². The summed E-state index contributed by atoms with van der Waals surface area (Å²) < 4.78 is 71.0. The van der Waals surface area contributed by atoms with Crippen molar-refractivity contribution in [1.82, 2.24) is 0 Å². The molecule has 0 spiro atoms. The number of ether oxygens (including phenoxy) is 4. The molecule has 0 unspecified atom stereocenters. The number of anilines is 2. The molecule has 0 atom stereocenters. The largest absolute Gasteiger partial charge is 0.463 e. The van der Waals surface area contributed by atoms with E-state index >= 15 is 0 Å². The lowest BCUT2D eigenvalue weighted by Crippen LogP contribution is -2.33. The maximum atomic E-state index is 13.0. The summed E-state index contributed by atoms with van der Waals surface area (Å²) in [6, 6.07) is 13.6. The van der Waals surface area contributed by atoms with Crippen molar-refractivity contribution in [3.8, 4) is 11.5 Å². The van der Waals surface area contributed by atoms with Crippen LogP contribution in [0, 0.1) is 3.57 Å². The van der Waals surface area contributed by atoms with E-state index in [-0.39, 0.29) is 11.3 Å². The molecule has 0 aliphatic rings. The lowest BCUT2D eigenvalue weighted by atomic mass is 10.1. The summed E-state index contributed by atoms with van der Waals surface area (Å²) in [4.78, 5) is 36.7. The number of esters is 3. The standard InChI is InChI=1S/C36H39F4IN2O7/c37-35(38)36(39,40)50-28-17-13-25(14-18-28)33(45)49-27-15-10-24(11-16-27)12-19-31(44)47-20-8-6-4-2-1-3-5-7-9-21-48-34(46)29-22-26(42)23-30(43)32(29)41/h10-19,22-23,35H,1-9,20-21,42-43H2. The molecule has 0 aliphatic carbocycles. The molecule has 3 rings (SSSR count). The van der Waals surface area contributed by atoms with Gasteiger partial charge >= 0.3 is 30.4 Å². The average Bonchev–Trinajstić information content (AvgIpc) is 3.08. The fourth-order valence-corrected chi connectivity index (χ4v) is 5.09. The third kappa shape index (κ3) is 13.9. The fourth-order valence-electron chi connectivity index (χ4n) is 4.56. The van der Waals surface area contributed by atoms with E-state index in [4.69, 9.17) is 25.7 Å². The van der Waals surface area contributed by atoms with Gasteiger partial charge in [-0.15, -0.1) is 0 Å². The average molecular weight is 815 g/mol. The van der Waals surface area contributed by atoms with Gasteiger partial charge in [-0.05, 0) is 95.6 Å². The first-order chi connectivity index (χ1) is 23.9. The minimum absolute atomic E-state index is 0.00790. The van der Waals surface area contributed by atoms with Gasteiger partial charge in [-0.3, -0.25) is 0 Å². The maximum absolute atomic E-state index is 13.0. The van der Waals surface area contributed by atoms with Crippen molar-refractivity contribution in [2.24, 2.45) is 0 Å². The van der Waals surface area contributed by atoms with Crippen molar-refractivity contribution in [3.05, 3.63) is 87.0 Å². The number of carbonyl (C=O) groups excluding carboxylic acids is 3. The predicted octanol–water partition coefficient (Wildman–Crippen LogP) is 8.84. The highest BCUT2D eigenvalue weighted by Crippen LogP contribution is 2.28. The number of hydrogen-bond acceptors (Lipinski definition) is 9. The third-order valence-corrected chi connectivity index (χ3v) is 8.41. The zero-order chi connectivity index (χ0) is 36.5. The van der Waals surface area contributed by atoms with Gasteiger partial charge in [0.2, 0.25) is 0 Å². The van der Waals surface area contributed by atoms with Crippen LogP contribution in [0.25, 0.3) is 6.08 Å². The molecule has 0 bridgehead atoms. The second kappa shape index (κ2) is 20.4. The van der Waals surface area contributed by atoms with E-state index < -0.39 is 36.2 Å².